The molecule has 2 rings (SSSR count). The normalized spacial score (nSPS) is 26.5. The second-order valence-corrected chi connectivity index (χ2v) is 4.43. The van der Waals surface area contributed by atoms with Crippen LogP contribution in [0.4, 0.5) is 0 Å². The number of benzene rings is 1. The highest BCUT2D eigenvalue weighted by atomic mass is 16.5. The summed E-state index contributed by atoms with van der Waals surface area (Å²) in [5.74, 6) is 0.624. The summed E-state index contributed by atoms with van der Waals surface area (Å²) in [6.45, 7) is 3.14. The highest BCUT2D eigenvalue weighted by Gasteiger charge is 2.21. The second-order valence-electron chi connectivity index (χ2n) is 4.43. The van der Waals surface area contributed by atoms with Gasteiger partial charge >= 0.3 is 0 Å². The van der Waals surface area contributed by atoms with Crippen LogP contribution in [0.5, 0.6) is 0 Å². The molecule has 1 heterocycles. The lowest BCUT2D eigenvalue weighted by Gasteiger charge is -2.29. The molecule has 0 saturated carbocycles. The zero-order valence-corrected chi connectivity index (χ0v) is 9.49. The van der Waals surface area contributed by atoms with Crippen molar-refractivity contribution in [2.45, 2.75) is 44.6 Å². The number of ether oxygens (including phenoxy) is 1. The summed E-state index contributed by atoms with van der Waals surface area (Å²) in [6, 6.07) is 10.7. The summed E-state index contributed by atoms with van der Waals surface area (Å²) in [6.07, 6.45) is 5.50. The van der Waals surface area contributed by atoms with Crippen molar-refractivity contribution in [1.82, 2.24) is 0 Å². The number of hydrogen-bond donors (Lipinski definition) is 0. The SMILES string of the molecule is CCCC1CCC(c2ccccc2)CO1. The quantitative estimate of drug-likeness (QED) is 0.728. The van der Waals surface area contributed by atoms with E-state index in [1.54, 1.807) is 0 Å². The van der Waals surface area contributed by atoms with Gasteiger partial charge in [-0.2, -0.15) is 0 Å². The molecule has 0 aliphatic carbocycles. The molecule has 15 heavy (non-hydrogen) atoms. The molecule has 1 fully saturated rings. The van der Waals surface area contributed by atoms with Crippen LogP contribution < -0.4 is 0 Å². The molecule has 1 aliphatic rings. The molecule has 0 N–H and O–H groups in total. The molecule has 2 atom stereocenters. The Kier molecular flexibility index (Phi) is 3.79. The van der Waals surface area contributed by atoms with Gasteiger partial charge < -0.3 is 4.74 Å². The molecule has 1 nitrogen and oxygen atoms in total. The van der Waals surface area contributed by atoms with Gasteiger partial charge in [-0.05, 0) is 24.8 Å². The Morgan fingerprint density at radius 1 is 1.20 bits per heavy atom. The van der Waals surface area contributed by atoms with Gasteiger partial charge in [-0.3, -0.25) is 0 Å². The molecule has 0 aromatic heterocycles. The number of hydrogen-bond acceptors (Lipinski definition) is 1. The van der Waals surface area contributed by atoms with Crippen LogP contribution >= 0.6 is 0 Å². The van der Waals surface area contributed by atoms with Gasteiger partial charge in [0, 0.05) is 5.92 Å². The first-order valence-electron chi connectivity index (χ1n) is 6.06. The molecular weight excluding hydrogens is 184 g/mol. The molecule has 1 aliphatic heterocycles. The van der Waals surface area contributed by atoms with Gasteiger partial charge in [-0.15, -0.1) is 0 Å². The Morgan fingerprint density at radius 2 is 2.00 bits per heavy atom. The van der Waals surface area contributed by atoms with Gasteiger partial charge in [0.1, 0.15) is 0 Å². The highest BCUT2D eigenvalue weighted by molar-refractivity contribution is 5.19. The number of rotatable bonds is 3. The third-order valence-corrected chi connectivity index (χ3v) is 3.25. The zero-order valence-electron chi connectivity index (χ0n) is 9.49. The standard InChI is InChI=1S/C14H20O/c1-2-6-14-10-9-13(11-15-14)12-7-4-3-5-8-12/h3-5,7-8,13-14H,2,6,9-11H2,1H3. The minimum atomic E-state index is 0.523. The summed E-state index contributed by atoms with van der Waals surface area (Å²) >= 11 is 0. The van der Waals surface area contributed by atoms with E-state index in [1.807, 2.05) is 0 Å². The van der Waals surface area contributed by atoms with E-state index in [-0.39, 0.29) is 0 Å². The predicted molar refractivity (Wildman–Crippen MR) is 63.1 cm³/mol. The minimum absolute atomic E-state index is 0.523. The first kappa shape index (κ1) is 10.7. The average Bonchev–Trinajstić information content (AvgIpc) is 2.32. The van der Waals surface area contributed by atoms with Gasteiger partial charge in [0.2, 0.25) is 0 Å². The Bertz CT molecular complexity index is 273. The fraction of sp³-hybridized carbons (Fsp3) is 0.571. The molecule has 0 bridgehead atoms. The molecule has 1 aromatic rings. The average molecular weight is 204 g/mol. The molecule has 0 spiro atoms. The summed E-state index contributed by atoms with van der Waals surface area (Å²) in [7, 11) is 0. The summed E-state index contributed by atoms with van der Waals surface area (Å²) in [5, 5.41) is 0. The van der Waals surface area contributed by atoms with Crippen molar-refractivity contribution in [2.75, 3.05) is 6.61 Å². The van der Waals surface area contributed by atoms with Gasteiger partial charge in [-0.25, -0.2) is 0 Å². The maximum absolute atomic E-state index is 5.89. The van der Waals surface area contributed by atoms with Crippen LogP contribution in [0.2, 0.25) is 0 Å². The summed E-state index contributed by atoms with van der Waals surface area (Å²) in [4.78, 5) is 0. The molecule has 1 aromatic carbocycles. The van der Waals surface area contributed by atoms with E-state index in [1.165, 1.54) is 31.2 Å². The fourth-order valence-corrected chi connectivity index (χ4v) is 2.34. The molecule has 0 radical (unpaired) electrons. The van der Waals surface area contributed by atoms with Crippen molar-refractivity contribution in [3.05, 3.63) is 35.9 Å². The van der Waals surface area contributed by atoms with Crippen molar-refractivity contribution in [3.8, 4) is 0 Å². The molecular formula is C14H20O. The van der Waals surface area contributed by atoms with Crippen LogP contribution in [-0.4, -0.2) is 12.7 Å². The van der Waals surface area contributed by atoms with E-state index in [2.05, 4.69) is 37.3 Å². The third-order valence-electron chi connectivity index (χ3n) is 3.25. The zero-order chi connectivity index (χ0) is 10.5. The van der Waals surface area contributed by atoms with Crippen LogP contribution in [0.25, 0.3) is 0 Å². The Balaban J connectivity index is 1.88. The molecule has 2 unspecified atom stereocenters. The monoisotopic (exact) mass is 204 g/mol. The van der Waals surface area contributed by atoms with Crippen LogP contribution in [-0.2, 0) is 4.74 Å². The van der Waals surface area contributed by atoms with E-state index >= 15 is 0 Å². The Morgan fingerprint density at radius 3 is 2.60 bits per heavy atom. The Hall–Kier alpha value is -0.820. The van der Waals surface area contributed by atoms with Gasteiger partial charge in [0.25, 0.3) is 0 Å². The van der Waals surface area contributed by atoms with Gasteiger partial charge in [0.05, 0.1) is 12.7 Å². The maximum Gasteiger partial charge on any atom is 0.0575 e. The lowest BCUT2D eigenvalue weighted by molar-refractivity contribution is -0.00111. The van der Waals surface area contributed by atoms with E-state index in [4.69, 9.17) is 4.74 Å². The van der Waals surface area contributed by atoms with Crippen molar-refractivity contribution >= 4 is 0 Å². The van der Waals surface area contributed by atoms with Crippen LogP contribution in [0.1, 0.15) is 44.1 Å². The molecule has 1 saturated heterocycles. The molecule has 0 amide bonds. The highest BCUT2D eigenvalue weighted by Crippen LogP contribution is 2.29. The van der Waals surface area contributed by atoms with Crippen LogP contribution in [0.15, 0.2) is 30.3 Å². The van der Waals surface area contributed by atoms with Crippen molar-refractivity contribution < 1.29 is 4.74 Å². The van der Waals surface area contributed by atoms with Crippen LogP contribution in [0, 0.1) is 0 Å². The van der Waals surface area contributed by atoms with E-state index in [0.29, 0.717) is 12.0 Å². The predicted octanol–water partition coefficient (Wildman–Crippen LogP) is 3.75. The first-order chi connectivity index (χ1) is 7.40. The fourth-order valence-electron chi connectivity index (χ4n) is 2.34. The lowest BCUT2D eigenvalue weighted by atomic mass is 9.90. The van der Waals surface area contributed by atoms with E-state index in [9.17, 15) is 0 Å². The molecule has 82 valence electrons. The maximum atomic E-state index is 5.89. The second kappa shape index (κ2) is 5.32. The largest absolute Gasteiger partial charge is 0.378 e. The van der Waals surface area contributed by atoms with Crippen LogP contribution in [0.3, 0.4) is 0 Å². The lowest BCUT2D eigenvalue weighted by Crippen LogP contribution is -2.24. The molecule has 1 heteroatoms. The first-order valence-corrected chi connectivity index (χ1v) is 6.06. The summed E-state index contributed by atoms with van der Waals surface area (Å²) in [5.41, 5.74) is 1.44. The van der Waals surface area contributed by atoms with Crippen molar-refractivity contribution in [1.29, 1.82) is 0 Å². The van der Waals surface area contributed by atoms with Crippen molar-refractivity contribution in [3.63, 3.8) is 0 Å². The smallest absolute Gasteiger partial charge is 0.0575 e. The topological polar surface area (TPSA) is 9.23 Å². The minimum Gasteiger partial charge on any atom is -0.378 e. The summed E-state index contributed by atoms with van der Waals surface area (Å²) < 4.78 is 5.89. The van der Waals surface area contributed by atoms with E-state index < -0.39 is 0 Å². The Labute approximate surface area is 92.5 Å². The van der Waals surface area contributed by atoms with Gasteiger partial charge in [-0.1, -0.05) is 43.7 Å². The van der Waals surface area contributed by atoms with Crippen molar-refractivity contribution in [2.24, 2.45) is 0 Å². The van der Waals surface area contributed by atoms with E-state index in [0.717, 1.165) is 6.61 Å². The third kappa shape index (κ3) is 2.82. The van der Waals surface area contributed by atoms with Gasteiger partial charge in [0.15, 0.2) is 0 Å².